The highest BCUT2D eigenvalue weighted by Gasteiger charge is 2.15. The van der Waals surface area contributed by atoms with Gasteiger partial charge in [0.15, 0.2) is 0 Å². The molecule has 1 amide bonds. The van der Waals surface area contributed by atoms with Gasteiger partial charge in [-0.1, -0.05) is 12.1 Å². The molecule has 2 rings (SSSR count). The molecular weight excluding hydrogens is 294 g/mol. The smallest absolute Gasteiger partial charge is 0.254 e. The van der Waals surface area contributed by atoms with Crippen molar-refractivity contribution < 1.29 is 19.1 Å². The van der Waals surface area contributed by atoms with Crippen molar-refractivity contribution in [2.45, 2.75) is 39.9 Å². The summed E-state index contributed by atoms with van der Waals surface area (Å²) < 4.78 is 10.9. The van der Waals surface area contributed by atoms with E-state index in [1.807, 2.05) is 26.0 Å². The first-order valence-corrected chi connectivity index (χ1v) is 7.66. The van der Waals surface area contributed by atoms with Crippen molar-refractivity contribution in [1.29, 1.82) is 0 Å². The molecular formula is C18H23NO4. The summed E-state index contributed by atoms with van der Waals surface area (Å²) in [5.74, 6) is 1.77. The van der Waals surface area contributed by atoms with Gasteiger partial charge in [-0.3, -0.25) is 4.79 Å². The Morgan fingerprint density at radius 1 is 1.26 bits per heavy atom. The van der Waals surface area contributed by atoms with E-state index in [1.54, 1.807) is 32.0 Å². The molecule has 23 heavy (non-hydrogen) atoms. The van der Waals surface area contributed by atoms with Crippen LogP contribution >= 0.6 is 0 Å². The van der Waals surface area contributed by atoms with Gasteiger partial charge in [0.2, 0.25) is 0 Å². The topological polar surface area (TPSA) is 71.7 Å². The summed E-state index contributed by atoms with van der Waals surface area (Å²) in [6.07, 6.45) is -0.674. The number of rotatable bonds is 6. The number of aryl methyl sites for hydroxylation is 2. The van der Waals surface area contributed by atoms with Crippen molar-refractivity contribution in [2.75, 3.05) is 6.54 Å². The summed E-state index contributed by atoms with van der Waals surface area (Å²) in [6, 6.07) is 8.90. The molecule has 0 bridgehead atoms. The van der Waals surface area contributed by atoms with E-state index in [-0.39, 0.29) is 18.6 Å². The molecule has 2 N–H and O–H groups in total. The third kappa shape index (κ3) is 4.60. The fourth-order valence-corrected chi connectivity index (χ4v) is 2.30. The number of aliphatic hydroxyl groups is 1. The number of amides is 1. The monoisotopic (exact) mass is 317 g/mol. The van der Waals surface area contributed by atoms with Gasteiger partial charge in [-0.05, 0) is 51.5 Å². The molecule has 124 valence electrons. The highest BCUT2D eigenvalue weighted by atomic mass is 16.5. The Balaban J connectivity index is 1.92. The average Bonchev–Trinajstić information content (AvgIpc) is 2.83. The Bertz CT molecular complexity index is 658. The van der Waals surface area contributed by atoms with Crippen molar-refractivity contribution in [1.82, 2.24) is 5.32 Å². The van der Waals surface area contributed by atoms with Crippen LogP contribution in [0.2, 0.25) is 0 Å². The number of nitrogens with one attached hydrogen (secondary N) is 1. The molecule has 0 fully saturated rings. The minimum Gasteiger partial charge on any atom is -0.491 e. The van der Waals surface area contributed by atoms with E-state index in [2.05, 4.69) is 5.32 Å². The number of hydrogen-bond acceptors (Lipinski definition) is 4. The molecule has 1 unspecified atom stereocenters. The molecule has 0 spiro atoms. The standard InChI is InChI=1S/C18H23NO4/c1-11(2)22-15-7-5-14(6-8-15)17(20)10-19-18(21)16-9-12(3)23-13(16)4/h5-9,11,17,20H,10H2,1-4H3,(H,19,21). The van der Waals surface area contributed by atoms with E-state index in [9.17, 15) is 9.90 Å². The summed E-state index contributed by atoms with van der Waals surface area (Å²) in [6.45, 7) is 7.58. The maximum atomic E-state index is 12.1. The van der Waals surface area contributed by atoms with Crippen molar-refractivity contribution in [3.8, 4) is 5.75 Å². The first-order chi connectivity index (χ1) is 10.9. The number of benzene rings is 1. The predicted molar refractivity (Wildman–Crippen MR) is 87.7 cm³/mol. The van der Waals surface area contributed by atoms with E-state index < -0.39 is 6.10 Å². The van der Waals surface area contributed by atoms with Gasteiger partial charge in [0.25, 0.3) is 5.91 Å². The Morgan fingerprint density at radius 3 is 2.43 bits per heavy atom. The van der Waals surface area contributed by atoms with Gasteiger partial charge in [-0.15, -0.1) is 0 Å². The number of hydrogen-bond donors (Lipinski definition) is 2. The van der Waals surface area contributed by atoms with E-state index in [4.69, 9.17) is 9.15 Å². The van der Waals surface area contributed by atoms with Crippen LogP contribution in [0.5, 0.6) is 5.75 Å². The zero-order chi connectivity index (χ0) is 17.0. The maximum Gasteiger partial charge on any atom is 0.254 e. The Hall–Kier alpha value is -2.27. The maximum absolute atomic E-state index is 12.1. The van der Waals surface area contributed by atoms with Crippen LogP contribution in [0.15, 0.2) is 34.7 Å². The fraction of sp³-hybridized carbons (Fsp3) is 0.389. The van der Waals surface area contributed by atoms with Gasteiger partial charge in [0.05, 0.1) is 17.8 Å². The van der Waals surface area contributed by atoms with Gasteiger partial charge < -0.3 is 19.6 Å². The SMILES string of the molecule is Cc1cc(C(=O)NCC(O)c2ccc(OC(C)C)cc2)c(C)o1. The molecule has 1 heterocycles. The van der Waals surface area contributed by atoms with E-state index in [1.165, 1.54) is 0 Å². The molecule has 0 radical (unpaired) electrons. The van der Waals surface area contributed by atoms with Crippen LogP contribution in [0.25, 0.3) is 0 Å². The Kier molecular flexibility index (Phi) is 5.45. The molecule has 0 saturated heterocycles. The summed E-state index contributed by atoms with van der Waals surface area (Å²) in [5, 5.41) is 12.9. The highest BCUT2D eigenvalue weighted by Crippen LogP contribution is 2.19. The largest absolute Gasteiger partial charge is 0.491 e. The number of carbonyl (C=O) groups excluding carboxylic acids is 1. The zero-order valence-electron chi connectivity index (χ0n) is 13.9. The second kappa shape index (κ2) is 7.33. The average molecular weight is 317 g/mol. The van der Waals surface area contributed by atoms with E-state index >= 15 is 0 Å². The third-order valence-corrected chi connectivity index (χ3v) is 3.38. The molecule has 0 aliphatic rings. The summed E-state index contributed by atoms with van der Waals surface area (Å²) in [4.78, 5) is 12.1. The van der Waals surface area contributed by atoms with Crippen molar-refractivity contribution in [3.63, 3.8) is 0 Å². The molecule has 5 nitrogen and oxygen atoms in total. The summed E-state index contributed by atoms with van der Waals surface area (Å²) in [5.41, 5.74) is 1.22. The van der Waals surface area contributed by atoms with Crippen LogP contribution in [0, 0.1) is 13.8 Å². The molecule has 5 heteroatoms. The first kappa shape index (κ1) is 17.1. The lowest BCUT2D eigenvalue weighted by molar-refractivity contribution is 0.0914. The number of furan rings is 1. The molecule has 0 aliphatic heterocycles. The third-order valence-electron chi connectivity index (χ3n) is 3.38. The second-order valence-corrected chi connectivity index (χ2v) is 5.79. The molecule has 0 saturated carbocycles. The van der Waals surface area contributed by atoms with Gasteiger partial charge >= 0.3 is 0 Å². The first-order valence-electron chi connectivity index (χ1n) is 7.66. The predicted octanol–water partition coefficient (Wildman–Crippen LogP) is 3.15. The minimum atomic E-state index is -0.777. The van der Waals surface area contributed by atoms with Crippen LogP contribution < -0.4 is 10.1 Å². The van der Waals surface area contributed by atoms with Gasteiger partial charge in [0, 0.05) is 6.54 Å². The zero-order valence-corrected chi connectivity index (χ0v) is 13.9. The van der Waals surface area contributed by atoms with Crippen LogP contribution in [-0.2, 0) is 0 Å². The molecule has 2 aromatic rings. The summed E-state index contributed by atoms with van der Waals surface area (Å²) >= 11 is 0. The molecule has 1 aromatic carbocycles. The number of ether oxygens (including phenoxy) is 1. The molecule has 1 atom stereocenters. The Labute approximate surface area is 136 Å². The van der Waals surface area contributed by atoms with Crippen molar-refractivity contribution in [2.24, 2.45) is 0 Å². The quantitative estimate of drug-likeness (QED) is 0.858. The minimum absolute atomic E-state index is 0.103. The van der Waals surface area contributed by atoms with Crippen LogP contribution in [0.1, 0.15) is 47.4 Å². The van der Waals surface area contributed by atoms with E-state index in [0.29, 0.717) is 17.1 Å². The summed E-state index contributed by atoms with van der Waals surface area (Å²) in [7, 11) is 0. The molecule has 0 aliphatic carbocycles. The Morgan fingerprint density at radius 2 is 1.91 bits per heavy atom. The van der Waals surface area contributed by atoms with Gasteiger partial charge in [0.1, 0.15) is 17.3 Å². The van der Waals surface area contributed by atoms with Gasteiger partial charge in [-0.25, -0.2) is 0 Å². The van der Waals surface area contributed by atoms with Gasteiger partial charge in [-0.2, -0.15) is 0 Å². The van der Waals surface area contributed by atoms with E-state index in [0.717, 1.165) is 11.3 Å². The van der Waals surface area contributed by atoms with Crippen molar-refractivity contribution in [3.05, 3.63) is 53.0 Å². The number of carbonyl (C=O) groups is 1. The lowest BCUT2D eigenvalue weighted by Gasteiger charge is -2.14. The lowest BCUT2D eigenvalue weighted by atomic mass is 10.1. The number of aliphatic hydroxyl groups excluding tert-OH is 1. The fourth-order valence-electron chi connectivity index (χ4n) is 2.30. The lowest BCUT2D eigenvalue weighted by Crippen LogP contribution is -2.28. The highest BCUT2D eigenvalue weighted by molar-refractivity contribution is 5.95. The normalized spacial score (nSPS) is 12.3. The second-order valence-electron chi connectivity index (χ2n) is 5.79. The van der Waals surface area contributed by atoms with Crippen LogP contribution in [0.3, 0.4) is 0 Å². The van der Waals surface area contributed by atoms with Crippen LogP contribution in [-0.4, -0.2) is 23.7 Å². The van der Waals surface area contributed by atoms with Crippen molar-refractivity contribution >= 4 is 5.91 Å². The molecule has 1 aromatic heterocycles. The van der Waals surface area contributed by atoms with Crippen LogP contribution in [0.4, 0.5) is 0 Å².